The van der Waals surface area contributed by atoms with Gasteiger partial charge < -0.3 is 20.1 Å². The predicted octanol–water partition coefficient (Wildman–Crippen LogP) is 2.89. The Balaban J connectivity index is 1.69. The Morgan fingerprint density at radius 1 is 1.28 bits per heavy atom. The SMILES string of the molecule is COc1cccc(CNC(=O)N(CCO)C2CCc3ccccc32)c1. The van der Waals surface area contributed by atoms with E-state index in [0.717, 1.165) is 24.2 Å². The molecule has 0 heterocycles. The van der Waals surface area contributed by atoms with Crippen LogP contribution >= 0.6 is 0 Å². The lowest BCUT2D eigenvalue weighted by Crippen LogP contribution is -2.43. The van der Waals surface area contributed by atoms with E-state index in [9.17, 15) is 9.90 Å². The molecule has 0 bridgehead atoms. The van der Waals surface area contributed by atoms with Crippen molar-refractivity contribution in [2.75, 3.05) is 20.3 Å². The first-order chi connectivity index (χ1) is 12.2. The Morgan fingerprint density at radius 3 is 2.92 bits per heavy atom. The van der Waals surface area contributed by atoms with E-state index in [2.05, 4.69) is 17.4 Å². The number of carbonyl (C=O) groups excluding carboxylic acids is 1. The van der Waals surface area contributed by atoms with Crippen LogP contribution in [0, 0.1) is 0 Å². The number of urea groups is 1. The average molecular weight is 340 g/mol. The maximum atomic E-state index is 12.7. The van der Waals surface area contributed by atoms with Gasteiger partial charge in [-0.2, -0.15) is 0 Å². The Hall–Kier alpha value is -2.53. The van der Waals surface area contributed by atoms with Crippen molar-refractivity contribution in [3.05, 3.63) is 65.2 Å². The zero-order valence-electron chi connectivity index (χ0n) is 14.4. The van der Waals surface area contributed by atoms with Crippen molar-refractivity contribution >= 4 is 6.03 Å². The Kier molecular flexibility index (Phi) is 5.56. The number of rotatable bonds is 6. The quantitative estimate of drug-likeness (QED) is 0.850. The summed E-state index contributed by atoms with van der Waals surface area (Å²) in [6.45, 7) is 0.695. The van der Waals surface area contributed by atoms with Crippen LogP contribution in [0.3, 0.4) is 0 Å². The molecule has 0 aliphatic heterocycles. The van der Waals surface area contributed by atoms with Crippen LogP contribution in [-0.2, 0) is 13.0 Å². The van der Waals surface area contributed by atoms with Gasteiger partial charge in [0, 0.05) is 13.1 Å². The largest absolute Gasteiger partial charge is 0.497 e. The first kappa shape index (κ1) is 17.3. The van der Waals surface area contributed by atoms with Gasteiger partial charge in [0.1, 0.15) is 5.75 Å². The highest BCUT2D eigenvalue weighted by molar-refractivity contribution is 5.75. The molecule has 5 nitrogen and oxygen atoms in total. The standard InChI is InChI=1S/C20H24N2O3/c1-25-17-7-4-5-15(13-17)14-21-20(24)22(11-12-23)19-10-9-16-6-2-3-8-18(16)19/h2-8,13,19,23H,9-12,14H2,1H3,(H,21,24). The van der Waals surface area contributed by atoms with Crippen molar-refractivity contribution in [3.63, 3.8) is 0 Å². The smallest absolute Gasteiger partial charge is 0.318 e. The lowest BCUT2D eigenvalue weighted by atomic mass is 10.1. The number of hydrogen-bond donors (Lipinski definition) is 2. The minimum atomic E-state index is -0.154. The van der Waals surface area contributed by atoms with Crippen LogP contribution < -0.4 is 10.1 Å². The zero-order valence-corrected chi connectivity index (χ0v) is 14.4. The molecule has 0 aromatic heterocycles. The third-order valence-corrected chi connectivity index (χ3v) is 4.66. The maximum Gasteiger partial charge on any atom is 0.318 e. The normalized spacial score (nSPS) is 15.5. The van der Waals surface area contributed by atoms with Crippen LogP contribution in [-0.4, -0.2) is 36.3 Å². The number of hydrogen-bond acceptors (Lipinski definition) is 3. The Morgan fingerprint density at radius 2 is 2.12 bits per heavy atom. The summed E-state index contributed by atoms with van der Waals surface area (Å²) in [5.74, 6) is 0.767. The third kappa shape index (κ3) is 3.94. The molecule has 5 heteroatoms. The molecule has 3 rings (SSSR count). The molecule has 25 heavy (non-hydrogen) atoms. The summed E-state index contributed by atoms with van der Waals surface area (Å²) < 4.78 is 5.21. The number of aliphatic hydroxyl groups is 1. The number of carbonyl (C=O) groups is 1. The minimum Gasteiger partial charge on any atom is -0.497 e. The summed E-state index contributed by atoms with van der Waals surface area (Å²) in [5.41, 5.74) is 3.45. The van der Waals surface area contributed by atoms with E-state index >= 15 is 0 Å². The first-order valence-electron chi connectivity index (χ1n) is 8.59. The van der Waals surface area contributed by atoms with Gasteiger partial charge in [0.2, 0.25) is 0 Å². The number of amides is 2. The molecule has 1 atom stereocenters. The molecule has 0 saturated carbocycles. The summed E-state index contributed by atoms with van der Waals surface area (Å²) in [6.07, 6.45) is 1.86. The monoisotopic (exact) mass is 340 g/mol. The number of methoxy groups -OCH3 is 1. The first-order valence-corrected chi connectivity index (χ1v) is 8.59. The van der Waals surface area contributed by atoms with Crippen LogP contribution in [0.2, 0.25) is 0 Å². The van der Waals surface area contributed by atoms with Gasteiger partial charge in [-0.3, -0.25) is 0 Å². The summed E-state index contributed by atoms with van der Waals surface area (Å²) in [5, 5.41) is 12.4. The molecular formula is C20H24N2O3. The Labute approximate surface area is 148 Å². The molecule has 132 valence electrons. The molecule has 2 aromatic carbocycles. The molecule has 2 N–H and O–H groups in total. The minimum absolute atomic E-state index is 0.0219. The van der Waals surface area contributed by atoms with Crippen LogP contribution in [0.15, 0.2) is 48.5 Å². The van der Waals surface area contributed by atoms with E-state index < -0.39 is 0 Å². The summed E-state index contributed by atoms with van der Waals surface area (Å²) >= 11 is 0. The fourth-order valence-corrected chi connectivity index (χ4v) is 3.43. The highest BCUT2D eigenvalue weighted by Gasteiger charge is 2.30. The van der Waals surface area contributed by atoms with Gasteiger partial charge in [-0.25, -0.2) is 4.79 Å². The molecule has 0 saturated heterocycles. The molecule has 0 radical (unpaired) electrons. The number of nitrogens with zero attached hydrogens (tertiary/aromatic N) is 1. The van der Waals surface area contributed by atoms with Crippen LogP contribution in [0.4, 0.5) is 4.79 Å². The molecule has 2 amide bonds. The van der Waals surface area contributed by atoms with Crippen LogP contribution in [0.25, 0.3) is 0 Å². The number of nitrogens with one attached hydrogen (secondary N) is 1. The van der Waals surface area contributed by atoms with Crippen molar-refractivity contribution in [1.82, 2.24) is 10.2 Å². The summed E-state index contributed by atoms with van der Waals surface area (Å²) in [7, 11) is 1.62. The van der Waals surface area contributed by atoms with E-state index in [-0.39, 0.29) is 18.7 Å². The van der Waals surface area contributed by atoms with Crippen LogP contribution in [0.1, 0.15) is 29.2 Å². The number of fused-ring (bicyclic) bond motifs is 1. The van der Waals surface area contributed by atoms with Crippen molar-refractivity contribution in [2.24, 2.45) is 0 Å². The molecule has 0 fully saturated rings. The fourth-order valence-electron chi connectivity index (χ4n) is 3.43. The fraction of sp³-hybridized carbons (Fsp3) is 0.350. The van der Waals surface area contributed by atoms with Crippen molar-refractivity contribution in [2.45, 2.75) is 25.4 Å². The second kappa shape index (κ2) is 8.03. The van der Waals surface area contributed by atoms with E-state index in [0.29, 0.717) is 13.1 Å². The molecule has 1 aliphatic carbocycles. The second-order valence-electron chi connectivity index (χ2n) is 6.18. The highest BCUT2D eigenvalue weighted by Crippen LogP contribution is 2.35. The number of aliphatic hydroxyl groups excluding tert-OH is 1. The average Bonchev–Trinajstić information content (AvgIpc) is 3.08. The zero-order chi connectivity index (χ0) is 17.6. The van der Waals surface area contributed by atoms with Gasteiger partial charge in [-0.05, 0) is 41.7 Å². The van der Waals surface area contributed by atoms with E-state index in [4.69, 9.17) is 4.74 Å². The Bertz CT molecular complexity index is 732. The van der Waals surface area contributed by atoms with E-state index in [1.807, 2.05) is 36.4 Å². The number of benzene rings is 2. The van der Waals surface area contributed by atoms with Crippen molar-refractivity contribution in [3.8, 4) is 5.75 Å². The topological polar surface area (TPSA) is 61.8 Å². The van der Waals surface area contributed by atoms with Crippen LogP contribution in [0.5, 0.6) is 5.75 Å². The second-order valence-corrected chi connectivity index (χ2v) is 6.18. The lowest BCUT2D eigenvalue weighted by molar-refractivity contribution is 0.151. The van der Waals surface area contributed by atoms with Crippen molar-refractivity contribution < 1.29 is 14.6 Å². The predicted molar refractivity (Wildman–Crippen MR) is 96.5 cm³/mol. The molecule has 0 spiro atoms. The van der Waals surface area contributed by atoms with Gasteiger partial charge >= 0.3 is 6.03 Å². The van der Waals surface area contributed by atoms with E-state index in [1.54, 1.807) is 12.0 Å². The highest BCUT2D eigenvalue weighted by atomic mass is 16.5. The van der Waals surface area contributed by atoms with E-state index in [1.165, 1.54) is 11.1 Å². The third-order valence-electron chi connectivity index (χ3n) is 4.66. The summed E-state index contributed by atoms with van der Waals surface area (Å²) in [6, 6.07) is 15.7. The molecule has 1 aliphatic rings. The van der Waals surface area contributed by atoms with Gasteiger partial charge in [0.15, 0.2) is 0 Å². The molecule has 1 unspecified atom stereocenters. The van der Waals surface area contributed by atoms with Gasteiger partial charge in [-0.1, -0.05) is 36.4 Å². The lowest BCUT2D eigenvalue weighted by Gasteiger charge is -2.29. The number of aryl methyl sites for hydroxylation is 1. The maximum absolute atomic E-state index is 12.7. The van der Waals surface area contributed by atoms with Gasteiger partial charge in [0.25, 0.3) is 0 Å². The summed E-state index contributed by atoms with van der Waals surface area (Å²) in [4.78, 5) is 14.5. The molecular weight excluding hydrogens is 316 g/mol. The van der Waals surface area contributed by atoms with Gasteiger partial charge in [0.05, 0.1) is 19.8 Å². The molecule has 2 aromatic rings. The number of ether oxygens (including phenoxy) is 1. The van der Waals surface area contributed by atoms with Gasteiger partial charge in [-0.15, -0.1) is 0 Å². The van der Waals surface area contributed by atoms with Crippen molar-refractivity contribution in [1.29, 1.82) is 0 Å².